The summed E-state index contributed by atoms with van der Waals surface area (Å²) in [5.74, 6) is -0.173. The Balaban J connectivity index is 1.67. The van der Waals surface area contributed by atoms with E-state index in [2.05, 4.69) is 10.6 Å². The summed E-state index contributed by atoms with van der Waals surface area (Å²) in [4.78, 5) is 25.8. The Morgan fingerprint density at radius 3 is 2.29 bits per heavy atom. The lowest BCUT2D eigenvalue weighted by Crippen LogP contribution is -2.46. The van der Waals surface area contributed by atoms with Crippen LogP contribution >= 0.6 is 0 Å². The number of carbonyl (C=O) groups is 2. The monoisotopic (exact) mass is 320 g/mol. The maximum Gasteiger partial charge on any atom is 0.196 e. The van der Waals surface area contributed by atoms with E-state index in [1.165, 1.54) is 0 Å². The molecule has 0 amide bonds. The molecular formula is C19H16N2O3. The van der Waals surface area contributed by atoms with E-state index < -0.39 is 0 Å². The number of ether oxygens (including phenoxy) is 1. The van der Waals surface area contributed by atoms with Crippen molar-refractivity contribution >= 4 is 22.9 Å². The molecule has 0 bridgehead atoms. The summed E-state index contributed by atoms with van der Waals surface area (Å²) in [5.41, 5.74) is 3.30. The van der Waals surface area contributed by atoms with Crippen LogP contribution in [0.1, 0.15) is 44.7 Å². The van der Waals surface area contributed by atoms with Crippen LogP contribution in [0.25, 0.3) is 0 Å². The summed E-state index contributed by atoms with van der Waals surface area (Å²) < 4.78 is 5.45. The van der Waals surface area contributed by atoms with Crippen LogP contribution in [0.15, 0.2) is 36.4 Å². The van der Waals surface area contributed by atoms with E-state index in [1.54, 1.807) is 30.3 Å². The second-order valence-electron chi connectivity index (χ2n) is 6.56. The largest absolute Gasteiger partial charge is 0.381 e. The lowest BCUT2D eigenvalue weighted by Gasteiger charge is -2.34. The first-order chi connectivity index (χ1) is 11.7. The lowest BCUT2D eigenvalue weighted by atomic mass is 9.83. The predicted octanol–water partition coefficient (Wildman–Crippen LogP) is 2.81. The molecule has 5 rings (SSSR count). The van der Waals surface area contributed by atoms with Gasteiger partial charge in [-0.25, -0.2) is 0 Å². The van der Waals surface area contributed by atoms with Gasteiger partial charge in [-0.1, -0.05) is 24.3 Å². The minimum absolute atomic E-state index is 0.0854. The summed E-state index contributed by atoms with van der Waals surface area (Å²) in [6.07, 6.45) is 1.63. The first-order valence-electron chi connectivity index (χ1n) is 8.18. The molecule has 5 nitrogen and oxygen atoms in total. The summed E-state index contributed by atoms with van der Waals surface area (Å²) >= 11 is 0. The molecule has 1 saturated heterocycles. The van der Waals surface area contributed by atoms with Crippen LogP contribution in [0, 0.1) is 0 Å². The van der Waals surface area contributed by atoms with Crippen molar-refractivity contribution in [1.82, 2.24) is 0 Å². The fourth-order valence-corrected chi connectivity index (χ4v) is 3.92. The van der Waals surface area contributed by atoms with Crippen molar-refractivity contribution < 1.29 is 14.3 Å². The van der Waals surface area contributed by atoms with Crippen molar-refractivity contribution in [3.8, 4) is 0 Å². The summed E-state index contributed by atoms with van der Waals surface area (Å²) in [6.45, 7) is 1.35. The topological polar surface area (TPSA) is 67.4 Å². The van der Waals surface area contributed by atoms with Crippen LogP contribution in [0.4, 0.5) is 11.4 Å². The third-order valence-electron chi connectivity index (χ3n) is 5.18. The van der Waals surface area contributed by atoms with E-state index in [0.29, 0.717) is 35.5 Å². The Morgan fingerprint density at radius 1 is 0.833 bits per heavy atom. The Labute approximate surface area is 139 Å². The molecule has 1 spiro atoms. The van der Waals surface area contributed by atoms with Crippen LogP contribution in [0.3, 0.4) is 0 Å². The summed E-state index contributed by atoms with van der Waals surface area (Å²) in [5, 5.41) is 7.00. The Kier molecular flexibility index (Phi) is 2.68. The number of carbonyl (C=O) groups excluding carboxylic acids is 2. The quantitative estimate of drug-likeness (QED) is 0.667. The number of anilines is 2. The molecule has 2 N–H and O–H groups in total. The molecule has 2 heterocycles. The molecule has 1 fully saturated rings. The van der Waals surface area contributed by atoms with Crippen molar-refractivity contribution in [1.29, 1.82) is 0 Å². The van der Waals surface area contributed by atoms with E-state index in [0.717, 1.165) is 24.2 Å². The van der Waals surface area contributed by atoms with E-state index in [1.807, 2.05) is 6.07 Å². The van der Waals surface area contributed by atoms with Crippen molar-refractivity contribution in [2.24, 2.45) is 0 Å². The molecule has 0 unspecified atom stereocenters. The minimum Gasteiger partial charge on any atom is -0.381 e. The van der Waals surface area contributed by atoms with Crippen molar-refractivity contribution in [2.45, 2.75) is 18.5 Å². The lowest BCUT2D eigenvalue weighted by molar-refractivity contribution is 0.0696. The van der Waals surface area contributed by atoms with Crippen molar-refractivity contribution in [2.75, 3.05) is 23.8 Å². The zero-order valence-corrected chi connectivity index (χ0v) is 13.0. The highest BCUT2D eigenvalue weighted by molar-refractivity contribution is 6.31. The number of nitrogens with one attached hydrogen (secondary N) is 2. The molecule has 0 aromatic heterocycles. The van der Waals surface area contributed by atoms with Crippen LogP contribution in [0.5, 0.6) is 0 Å². The van der Waals surface area contributed by atoms with Gasteiger partial charge in [0.15, 0.2) is 11.6 Å². The maximum atomic E-state index is 13.0. The average molecular weight is 320 g/mol. The van der Waals surface area contributed by atoms with Crippen molar-refractivity contribution in [3.63, 3.8) is 0 Å². The molecule has 120 valence electrons. The molecule has 2 aliphatic heterocycles. The predicted molar refractivity (Wildman–Crippen MR) is 89.8 cm³/mol. The van der Waals surface area contributed by atoms with Gasteiger partial charge in [0.05, 0.1) is 30.2 Å². The van der Waals surface area contributed by atoms with Gasteiger partial charge in [-0.05, 0) is 12.1 Å². The van der Waals surface area contributed by atoms with Gasteiger partial charge in [0.2, 0.25) is 0 Å². The van der Waals surface area contributed by atoms with E-state index >= 15 is 0 Å². The molecule has 3 aliphatic rings. The molecule has 0 radical (unpaired) electrons. The van der Waals surface area contributed by atoms with Crippen molar-refractivity contribution in [3.05, 3.63) is 58.7 Å². The maximum absolute atomic E-state index is 13.0. The molecule has 0 atom stereocenters. The van der Waals surface area contributed by atoms with Gasteiger partial charge >= 0.3 is 0 Å². The number of fused-ring (bicyclic) bond motifs is 4. The fourth-order valence-electron chi connectivity index (χ4n) is 3.92. The third-order valence-corrected chi connectivity index (χ3v) is 5.18. The smallest absolute Gasteiger partial charge is 0.196 e. The summed E-state index contributed by atoms with van der Waals surface area (Å²) in [6, 6.07) is 10.7. The molecule has 2 aromatic carbocycles. The average Bonchev–Trinajstić information content (AvgIpc) is 2.97. The van der Waals surface area contributed by atoms with Crippen LogP contribution < -0.4 is 10.6 Å². The number of rotatable bonds is 0. The van der Waals surface area contributed by atoms with Gasteiger partial charge < -0.3 is 15.4 Å². The minimum atomic E-state index is -0.282. The molecule has 5 heteroatoms. The highest BCUT2D eigenvalue weighted by atomic mass is 16.5. The standard InChI is InChI=1S/C19H16N2O3/c22-17-11-3-1-2-4-12(11)18(23)15-13(17)5-6-14-16(15)21-19(20-14)7-9-24-10-8-19/h1-6,20-21H,7-10H2. The molecule has 24 heavy (non-hydrogen) atoms. The Hall–Kier alpha value is -2.66. The van der Waals surface area contributed by atoms with Gasteiger partial charge in [-0.15, -0.1) is 0 Å². The normalized spacial score (nSPS) is 20.0. The zero-order chi connectivity index (χ0) is 16.3. The molecule has 0 saturated carbocycles. The number of hydrogen-bond donors (Lipinski definition) is 2. The first-order valence-corrected chi connectivity index (χ1v) is 8.18. The highest BCUT2D eigenvalue weighted by Crippen LogP contribution is 2.44. The Bertz CT molecular complexity index is 897. The number of ketones is 2. The Morgan fingerprint density at radius 2 is 1.54 bits per heavy atom. The fraction of sp³-hybridized carbons (Fsp3) is 0.263. The molecular weight excluding hydrogens is 304 g/mol. The van der Waals surface area contributed by atoms with Crippen LogP contribution in [0.2, 0.25) is 0 Å². The molecule has 1 aliphatic carbocycles. The zero-order valence-electron chi connectivity index (χ0n) is 13.0. The van der Waals surface area contributed by atoms with Gasteiger partial charge in [-0.3, -0.25) is 9.59 Å². The second kappa shape index (κ2) is 4.68. The summed E-state index contributed by atoms with van der Waals surface area (Å²) in [7, 11) is 0. The van der Waals surface area contributed by atoms with Gasteiger partial charge in [0.25, 0.3) is 0 Å². The van der Waals surface area contributed by atoms with Gasteiger partial charge in [-0.2, -0.15) is 0 Å². The molecule has 2 aromatic rings. The number of benzene rings is 2. The van der Waals surface area contributed by atoms with Gasteiger partial charge in [0.1, 0.15) is 5.66 Å². The number of hydrogen-bond acceptors (Lipinski definition) is 5. The highest BCUT2D eigenvalue weighted by Gasteiger charge is 2.42. The van der Waals surface area contributed by atoms with E-state index in [9.17, 15) is 9.59 Å². The van der Waals surface area contributed by atoms with Crippen LogP contribution in [-0.4, -0.2) is 30.4 Å². The SMILES string of the molecule is O=C1c2ccccc2C(=O)c2c1ccc1c2NC2(CCOCC2)N1. The van der Waals surface area contributed by atoms with E-state index in [4.69, 9.17) is 4.74 Å². The first kappa shape index (κ1) is 13.7. The van der Waals surface area contributed by atoms with Crippen LogP contribution in [-0.2, 0) is 4.74 Å². The van der Waals surface area contributed by atoms with E-state index in [-0.39, 0.29) is 17.2 Å². The third kappa shape index (κ3) is 1.73. The van der Waals surface area contributed by atoms with Gasteiger partial charge in [0, 0.05) is 29.5 Å². The second-order valence-corrected chi connectivity index (χ2v) is 6.56.